The maximum atomic E-state index is 11.9. The van der Waals surface area contributed by atoms with Gasteiger partial charge in [-0.05, 0) is 29.3 Å². The minimum Gasteiger partial charge on any atom is -0.481 e. The Balaban J connectivity index is 1.68. The number of hydrogen-bond donors (Lipinski definition) is 3. The van der Waals surface area contributed by atoms with E-state index in [9.17, 15) is 9.59 Å². The first kappa shape index (κ1) is 15.6. The van der Waals surface area contributed by atoms with Crippen molar-refractivity contribution in [1.29, 1.82) is 0 Å². The van der Waals surface area contributed by atoms with Crippen LogP contribution in [0.3, 0.4) is 0 Å². The van der Waals surface area contributed by atoms with E-state index in [0.717, 1.165) is 16.5 Å². The third-order valence-corrected chi connectivity index (χ3v) is 3.57. The summed E-state index contributed by atoms with van der Waals surface area (Å²) in [6.07, 6.45) is 1.02. The molecule has 3 rings (SSSR count). The van der Waals surface area contributed by atoms with Gasteiger partial charge in [0.25, 0.3) is 0 Å². The highest BCUT2D eigenvalue weighted by molar-refractivity contribution is 5.93. The topological polar surface area (TPSA) is 91.4 Å². The first-order valence-corrected chi connectivity index (χ1v) is 7.41. The maximum Gasteiger partial charge on any atom is 0.411 e. The van der Waals surface area contributed by atoms with Crippen LogP contribution in [0.1, 0.15) is 11.1 Å². The van der Waals surface area contributed by atoms with Gasteiger partial charge in [0.2, 0.25) is 0 Å². The van der Waals surface area contributed by atoms with Crippen LogP contribution >= 0.6 is 0 Å². The normalized spacial score (nSPS) is 10.5. The molecule has 3 aromatic rings. The Hall–Kier alpha value is -3.28. The number of fused-ring (bicyclic) bond motifs is 1. The van der Waals surface area contributed by atoms with Crippen molar-refractivity contribution in [3.63, 3.8) is 0 Å². The third-order valence-electron chi connectivity index (χ3n) is 3.57. The lowest BCUT2D eigenvalue weighted by molar-refractivity contribution is -0.136. The van der Waals surface area contributed by atoms with E-state index >= 15 is 0 Å². The maximum absolute atomic E-state index is 11.9. The van der Waals surface area contributed by atoms with Crippen LogP contribution in [-0.2, 0) is 22.6 Å². The molecule has 0 spiro atoms. The number of amides is 1. The van der Waals surface area contributed by atoms with E-state index in [0.29, 0.717) is 11.3 Å². The molecule has 0 unspecified atom stereocenters. The highest BCUT2D eigenvalue weighted by Crippen LogP contribution is 2.23. The molecule has 2 aromatic carbocycles. The molecule has 0 saturated carbocycles. The Morgan fingerprint density at radius 1 is 1.12 bits per heavy atom. The van der Waals surface area contributed by atoms with Gasteiger partial charge in [-0.3, -0.25) is 10.1 Å². The van der Waals surface area contributed by atoms with Crippen LogP contribution in [0.25, 0.3) is 10.9 Å². The molecule has 122 valence electrons. The average molecular weight is 324 g/mol. The molecule has 6 heteroatoms. The molecule has 1 aromatic heterocycles. The summed E-state index contributed by atoms with van der Waals surface area (Å²) in [4.78, 5) is 25.8. The van der Waals surface area contributed by atoms with E-state index in [1.165, 1.54) is 0 Å². The zero-order valence-corrected chi connectivity index (χ0v) is 12.8. The quantitative estimate of drug-likeness (QED) is 0.669. The molecule has 0 saturated heterocycles. The average Bonchev–Trinajstić information content (AvgIpc) is 2.96. The second-order valence-corrected chi connectivity index (χ2v) is 5.33. The fourth-order valence-corrected chi connectivity index (χ4v) is 2.44. The fourth-order valence-electron chi connectivity index (χ4n) is 2.44. The number of rotatable bonds is 5. The largest absolute Gasteiger partial charge is 0.481 e. The van der Waals surface area contributed by atoms with Crippen molar-refractivity contribution < 1.29 is 19.4 Å². The van der Waals surface area contributed by atoms with Crippen molar-refractivity contribution in [2.75, 3.05) is 5.32 Å². The number of carboxylic acids is 1. The number of H-pyrrole nitrogens is 1. The molecule has 0 bridgehead atoms. The van der Waals surface area contributed by atoms with Crippen molar-refractivity contribution in [3.05, 3.63) is 65.9 Å². The number of anilines is 1. The first-order chi connectivity index (χ1) is 11.6. The molecular weight excluding hydrogens is 308 g/mol. The van der Waals surface area contributed by atoms with Crippen LogP contribution in [0.5, 0.6) is 0 Å². The minimum atomic E-state index is -0.906. The van der Waals surface area contributed by atoms with Gasteiger partial charge in [0.05, 0.1) is 6.42 Å². The van der Waals surface area contributed by atoms with Crippen molar-refractivity contribution in [1.82, 2.24) is 4.98 Å². The molecule has 0 aliphatic carbocycles. The molecule has 0 radical (unpaired) electrons. The summed E-state index contributed by atoms with van der Waals surface area (Å²) in [7, 11) is 0. The Morgan fingerprint density at radius 2 is 1.92 bits per heavy atom. The molecule has 1 heterocycles. The lowest BCUT2D eigenvalue weighted by atomic mass is 10.1. The number of aromatic nitrogens is 1. The van der Waals surface area contributed by atoms with Gasteiger partial charge in [0.1, 0.15) is 6.61 Å². The summed E-state index contributed by atoms with van der Waals surface area (Å²) >= 11 is 0. The minimum absolute atomic E-state index is 0.0814. The summed E-state index contributed by atoms with van der Waals surface area (Å²) in [5, 5.41) is 12.3. The van der Waals surface area contributed by atoms with Gasteiger partial charge in [-0.2, -0.15) is 0 Å². The predicted molar refractivity (Wildman–Crippen MR) is 89.9 cm³/mol. The lowest BCUT2D eigenvalue weighted by Gasteiger charge is -2.07. The number of benzene rings is 2. The summed E-state index contributed by atoms with van der Waals surface area (Å²) in [6.45, 7) is 0.184. The molecule has 6 nitrogen and oxygen atoms in total. The number of carbonyl (C=O) groups excluding carboxylic acids is 1. The Morgan fingerprint density at radius 3 is 2.67 bits per heavy atom. The fraction of sp³-hybridized carbons (Fsp3) is 0.111. The van der Waals surface area contributed by atoms with Crippen LogP contribution in [0.4, 0.5) is 10.5 Å². The van der Waals surface area contributed by atoms with Crippen LogP contribution in [-0.4, -0.2) is 22.2 Å². The number of carboxylic acid groups (broad SMARTS) is 1. The number of aliphatic carboxylic acids is 1. The molecule has 3 N–H and O–H groups in total. The smallest absolute Gasteiger partial charge is 0.411 e. The van der Waals surface area contributed by atoms with Gasteiger partial charge in [-0.25, -0.2) is 4.79 Å². The second-order valence-electron chi connectivity index (χ2n) is 5.33. The summed E-state index contributed by atoms with van der Waals surface area (Å²) in [6, 6.07) is 14.6. The molecule has 1 amide bonds. The van der Waals surface area contributed by atoms with Gasteiger partial charge >= 0.3 is 12.1 Å². The van der Waals surface area contributed by atoms with Gasteiger partial charge < -0.3 is 14.8 Å². The molecule has 24 heavy (non-hydrogen) atoms. The van der Waals surface area contributed by atoms with E-state index in [1.807, 2.05) is 30.3 Å². The highest BCUT2D eigenvalue weighted by Gasteiger charge is 2.10. The van der Waals surface area contributed by atoms with E-state index in [2.05, 4.69) is 10.3 Å². The summed E-state index contributed by atoms with van der Waals surface area (Å²) in [5.41, 5.74) is 2.93. The van der Waals surface area contributed by atoms with E-state index in [4.69, 9.17) is 9.84 Å². The zero-order valence-electron chi connectivity index (χ0n) is 12.8. The summed E-state index contributed by atoms with van der Waals surface area (Å²) < 4.78 is 5.17. The third kappa shape index (κ3) is 3.73. The Kier molecular flexibility index (Phi) is 4.47. The van der Waals surface area contributed by atoms with E-state index in [-0.39, 0.29) is 13.0 Å². The zero-order chi connectivity index (χ0) is 16.9. The van der Waals surface area contributed by atoms with Crippen molar-refractivity contribution in [3.8, 4) is 0 Å². The number of carbonyl (C=O) groups is 2. The van der Waals surface area contributed by atoms with Crippen molar-refractivity contribution >= 4 is 28.7 Å². The molecular formula is C18H16N2O4. The highest BCUT2D eigenvalue weighted by atomic mass is 16.5. The lowest BCUT2D eigenvalue weighted by Crippen LogP contribution is -2.13. The van der Waals surface area contributed by atoms with Gasteiger partial charge in [0.15, 0.2) is 0 Å². The first-order valence-electron chi connectivity index (χ1n) is 7.41. The Bertz CT molecular complexity index is 871. The number of ether oxygens (including phenoxy) is 1. The van der Waals surface area contributed by atoms with Gasteiger partial charge in [-0.15, -0.1) is 0 Å². The number of hydrogen-bond acceptors (Lipinski definition) is 3. The predicted octanol–water partition coefficient (Wildman–Crippen LogP) is 3.54. The Labute approximate surface area is 138 Å². The molecule has 0 aliphatic heterocycles. The summed E-state index contributed by atoms with van der Waals surface area (Å²) in [5.74, 6) is -0.906. The van der Waals surface area contributed by atoms with Crippen LogP contribution in [0, 0.1) is 0 Å². The standard InChI is InChI=1S/C18H16N2O4/c21-17(22)8-13-10-19-16-7-6-14(9-15(13)16)20-18(23)24-11-12-4-2-1-3-5-12/h1-7,9-10,19H,8,11H2,(H,20,23)(H,21,22). The van der Waals surface area contributed by atoms with Crippen LogP contribution in [0.15, 0.2) is 54.7 Å². The van der Waals surface area contributed by atoms with Gasteiger partial charge in [0, 0.05) is 22.8 Å². The molecule has 0 aliphatic rings. The monoisotopic (exact) mass is 324 g/mol. The number of nitrogens with one attached hydrogen (secondary N) is 2. The van der Waals surface area contributed by atoms with Crippen LogP contribution < -0.4 is 5.32 Å². The van der Waals surface area contributed by atoms with E-state index < -0.39 is 12.1 Å². The SMILES string of the molecule is O=C(O)Cc1c[nH]c2ccc(NC(=O)OCc3ccccc3)cc12. The van der Waals surface area contributed by atoms with Crippen LogP contribution in [0.2, 0.25) is 0 Å². The second kappa shape index (κ2) is 6.87. The van der Waals surface area contributed by atoms with Gasteiger partial charge in [-0.1, -0.05) is 30.3 Å². The molecule has 0 fully saturated rings. The number of aromatic amines is 1. The van der Waals surface area contributed by atoms with Crippen molar-refractivity contribution in [2.24, 2.45) is 0 Å². The molecule has 0 atom stereocenters. The van der Waals surface area contributed by atoms with E-state index in [1.54, 1.807) is 24.4 Å². The van der Waals surface area contributed by atoms with Crippen molar-refractivity contribution in [2.45, 2.75) is 13.0 Å².